The van der Waals surface area contributed by atoms with Crippen LogP contribution < -0.4 is 10.5 Å². The van der Waals surface area contributed by atoms with Crippen LogP contribution in [0.5, 0.6) is 5.75 Å². The Balaban J connectivity index is 2.63. The predicted molar refractivity (Wildman–Crippen MR) is 85.5 cm³/mol. The van der Waals surface area contributed by atoms with Gasteiger partial charge in [-0.1, -0.05) is 38.3 Å². The minimum absolute atomic E-state index is 0.0813. The molecular weight excluding hydrogens is 320 g/mol. The lowest BCUT2D eigenvalue weighted by Gasteiger charge is -2.16. The lowest BCUT2D eigenvalue weighted by Crippen LogP contribution is -2.14. The van der Waals surface area contributed by atoms with Crippen molar-refractivity contribution in [3.8, 4) is 5.75 Å². The zero-order chi connectivity index (χ0) is 15.0. The van der Waals surface area contributed by atoms with Gasteiger partial charge < -0.3 is 15.7 Å². The van der Waals surface area contributed by atoms with Gasteiger partial charge in [-0.3, -0.25) is 0 Å². The van der Waals surface area contributed by atoms with E-state index < -0.39 is 0 Å². The maximum absolute atomic E-state index is 8.68. The minimum atomic E-state index is 0.0813. The number of ether oxygens (including phenoxy) is 1. The molecule has 0 fully saturated rings. The van der Waals surface area contributed by atoms with Gasteiger partial charge in [0.1, 0.15) is 5.75 Å². The van der Waals surface area contributed by atoms with Crippen LogP contribution in [-0.4, -0.2) is 17.6 Å². The summed E-state index contributed by atoms with van der Waals surface area (Å²) in [5.74, 6) is 1.47. The monoisotopic (exact) mass is 342 g/mol. The average molecular weight is 343 g/mol. The van der Waals surface area contributed by atoms with Crippen molar-refractivity contribution < 1.29 is 9.94 Å². The van der Waals surface area contributed by atoms with Gasteiger partial charge in [0.2, 0.25) is 0 Å². The van der Waals surface area contributed by atoms with E-state index in [4.69, 9.17) is 15.7 Å². The van der Waals surface area contributed by atoms with E-state index in [0.29, 0.717) is 11.5 Å². The Morgan fingerprint density at radius 2 is 2.20 bits per heavy atom. The molecule has 1 atom stereocenters. The van der Waals surface area contributed by atoms with Crippen LogP contribution in [0.4, 0.5) is 0 Å². The highest BCUT2D eigenvalue weighted by atomic mass is 79.9. The maximum Gasteiger partial charge on any atom is 0.171 e. The summed E-state index contributed by atoms with van der Waals surface area (Å²) in [6, 6.07) is 5.46. The quantitative estimate of drug-likeness (QED) is 0.323. The van der Waals surface area contributed by atoms with Crippen molar-refractivity contribution in [3.05, 3.63) is 28.2 Å². The average Bonchev–Trinajstić information content (AvgIpc) is 2.47. The van der Waals surface area contributed by atoms with Gasteiger partial charge in [0.05, 0.1) is 6.61 Å². The first kappa shape index (κ1) is 16.8. The molecule has 0 aliphatic heterocycles. The molecule has 1 rings (SSSR count). The standard InChI is InChI=1S/C15H23BrN2O2/c1-3-5-6-11(4-2)10-20-12-7-8-13(14(16)9-12)15(17)18-19/h7-9,11,19H,3-6,10H2,1-2H3,(H2,17,18). The largest absolute Gasteiger partial charge is 0.493 e. The minimum Gasteiger partial charge on any atom is -0.493 e. The van der Waals surface area contributed by atoms with Crippen LogP contribution in [0.25, 0.3) is 0 Å². The fourth-order valence-corrected chi connectivity index (χ4v) is 2.52. The summed E-state index contributed by atoms with van der Waals surface area (Å²) in [6.07, 6.45) is 4.80. The molecule has 0 aromatic heterocycles. The smallest absolute Gasteiger partial charge is 0.171 e. The number of hydrogen-bond acceptors (Lipinski definition) is 3. The molecule has 0 aliphatic carbocycles. The van der Waals surface area contributed by atoms with Crippen molar-refractivity contribution in [2.45, 2.75) is 39.5 Å². The molecule has 0 aliphatic rings. The van der Waals surface area contributed by atoms with Gasteiger partial charge in [-0.15, -0.1) is 0 Å². The fraction of sp³-hybridized carbons (Fsp3) is 0.533. The normalized spacial score (nSPS) is 13.2. The summed E-state index contributed by atoms with van der Waals surface area (Å²) in [5, 5.41) is 11.7. The van der Waals surface area contributed by atoms with E-state index in [1.165, 1.54) is 19.3 Å². The second kappa shape index (κ2) is 8.84. The summed E-state index contributed by atoms with van der Waals surface area (Å²) >= 11 is 3.40. The Bertz CT molecular complexity index is 449. The van der Waals surface area contributed by atoms with Crippen LogP contribution >= 0.6 is 15.9 Å². The summed E-state index contributed by atoms with van der Waals surface area (Å²) in [5.41, 5.74) is 6.22. The van der Waals surface area contributed by atoms with E-state index in [1.54, 1.807) is 6.07 Å². The molecule has 112 valence electrons. The Labute approximate surface area is 129 Å². The highest BCUT2D eigenvalue weighted by Gasteiger charge is 2.09. The van der Waals surface area contributed by atoms with Crippen molar-refractivity contribution in [1.82, 2.24) is 0 Å². The summed E-state index contributed by atoms with van der Waals surface area (Å²) in [4.78, 5) is 0. The zero-order valence-corrected chi connectivity index (χ0v) is 13.7. The SMILES string of the molecule is CCCCC(CC)COc1ccc(/C(N)=N/O)c(Br)c1. The maximum atomic E-state index is 8.68. The molecule has 0 spiro atoms. The Morgan fingerprint density at radius 3 is 2.75 bits per heavy atom. The van der Waals surface area contributed by atoms with Gasteiger partial charge in [0.15, 0.2) is 5.84 Å². The van der Waals surface area contributed by atoms with Crippen LogP contribution in [0.3, 0.4) is 0 Å². The molecule has 1 unspecified atom stereocenters. The van der Waals surface area contributed by atoms with Crippen molar-refractivity contribution in [1.29, 1.82) is 0 Å². The number of benzene rings is 1. The molecule has 0 bridgehead atoms. The van der Waals surface area contributed by atoms with E-state index in [2.05, 4.69) is 34.9 Å². The third-order valence-corrected chi connectivity index (χ3v) is 4.01. The van der Waals surface area contributed by atoms with Crippen LogP contribution in [0.15, 0.2) is 27.8 Å². The molecule has 0 saturated heterocycles. The fourth-order valence-electron chi connectivity index (χ4n) is 1.96. The topological polar surface area (TPSA) is 67.8 Å². The van der Waals surface area contributed by atoms with Gasteiger partial charge >= 0.3 is 0 Å². The van der Waals surface area contributed by atoms with Crippen LogP contribution in [-0.2, 0) is 0 Å². The Morgan fingerprint density at radius 1 is 1.45 bits per heavy atom. The van der Waals surface area contributed by atoms with Crippen molar-refractivity contribution in [2.75, 3.05) is 6.61 Å². The Hall–Kier alpha value is -1.23. The summed E-state index contributed by atoms with van der Waals surface area (Å²) in [6.45, 7) is 5.13. The molecule has 1 aromatic carbocycles. The molecular formula is C15H23BrN2O2. The van der Waals surface area contributed by atoms with E-state index in [1.807, 2.05) is 12.1 Å². The molecule has 0 radical (unpaired) electrons. The van der Waals surface area contributed by atoms with E-state index >= 15 is 0 Å². The summed E-state index contributed by atoms with van der Waals surface area (Å²) in [7, 11) is 0. The Kier molecular flexibility index (Phi) is 7.44. The first-order valence-electron chi connectivity index (χ1n) is 7.02. The third kappa shape index (κ3) is 5.04. The van der Waals surface area contributed by atoms with E-state index in [9.17, 15) is 0 Å². The first-order valence-corrected chi connectivity index (χ1v) is 7.81. The summed E-state index contributed by atoms with van der Waals surface area (Å²) < 4.78 is 6.59. The highest BCUT2D eigenvalue weighted by Crippen LogP contribution is 2.24. The first-order chi connectivity index (χ1) is 9.62. The molecule has 0 heterocycles. The molecule has 0 saturated carbocycles. The van der Waals surface area contributed by atoms with Crippen molar-refractivity contribution in [2.24, 2.45) is 16.8 Å². The number of nitrogens with zero attached hydrogens (tertiary/aromatic N) is 1. The number of halogens is 1. The number of unbranched alkanes of at least 4 members (excludes halogenated alkanes) is 1. The third-order valence-electron chi connectivity index (χ3n) is 3.35. The molecule has 0 amide bonds. The van der Waals surface area contributed by atoms with Crippen LogP contribution in [0, 0.1) is 5.92 Å². The molecule has 3 N–H and O–H groups in total. The second-order valence-electron chi connectivity index (χ2n) is 4.85. The van der Waals surface area contributed by atoms with Gasteiger partial charge in [-0.2, -0.15) is 0 Å². The van der Waals surface area contributed by atoms with Gasteiger partial charge in [0, 0.05) is 10.0 Å². The molecule has 20 heavy (non-hydrogen) atoms. The lowest BCUT2D eigenvalue weighted by atomic mass is 10.0. The van der Waals surface area contributed by atoms with Gasteiger partial charge in [-0.05, 0) is 46.5 Å². The van der Waals surface area contributed by atoms with Crippen molar-refractivity contribution >= 4 is 21.8 Å². The number of oxime groups is 1. The predicted octanol–water partition coefficient (Wildman–Crippen LogP) is 4.14. The van der Waals surface area contributed by atoms with Crippen molar-refractivity contribution in [3.63, 3.8) is 0 Å². The lowest BCUT2D eigenvalue weighted by molar-refractivity contribution is 0.233. The number of amidine groups is 1. The van der Waals surface area contributed by atoms with E-state index in [0.717, 1.165) is 23.2 Å². The number of nitrogens with two attached hydrogens (primary N) is 1. The highest BCUT2D eigenvalue weighted by molar-refractivity contribution is 9.10. The van der Waals surface area contributed by atoms with Gasteiger partial charge in [-0.25, -0.2) is 0 Å². The van der Waals surface area contributed by atoms with Gasteiger partial charge in [0.25, 0.3) is 0 Å². The number of hydrogen-bond donors (Lipinski definition) is 2. The molecule has 5 heteroatoms. The molecule has 4 nitrogen and oxygen atoms in total. The van der Waals surface area contributed by atoms with Crippen LogP contribution in [0.2, 0.25) is 0 Å². The zero-order valence-electron chi connectivity index (χ0n) is 12.1. The molecule has 1 aromatic rings. The number of rotatable bonds is 8. The second-order valence-corrected chi connectivity index (χ2v) is 5.71. The van der Waals surface area contributed by atoms with E-state index in [-0.39, 0.29) is 5.84 Å². The van der Waals surface area contributed by atoms with Crippen LogP contribution in [0.1, 0.15) is 45.1 Å².